The Morgan fingerprint density at radius 1 is 1.33 bits per heavy atom. The molecule has 0 spiro atoms. The van der Waals surface area contributed by atoms with Gasteiger partial charge in [0.25, 0.3) is 0 Å². The Hall–Kier alpha value is -0.610. The highest BCUT2D eigenvalue weighted by molar-refractivity contribution is 5.73. The van der Waals surface area contributed by atoms with Gasteiger partial charge >= 0.3 is 5.97 Å². The normalized spacial score (nSPS) is 16.9. The van der Waals surface area contributed by atoms with Gasteiger partial charge < -0.3 is 14.6 Å². The van der Waals surface area contributed by atoms with Gasteiger partial charge in [0, 0.05) is 6.61 Å². The molecule has 0 amide bonds. The quantitative estimate of drug-likeness (QED) is 0.656. The lowest BCUT2D eigenvalue weighted by Gasteiger charge is -2.30. The lowest BCUT2D eigenvalue weighted by molar-refractivity contribution is -0.162. The number of rotatable bonds is 7. The molecule has 0 rings (SSSR count). The Morgan fingerprint density at radius 2 is 1.93 bits per heavy atom. The van der Waals surface area contributed by atoms with Crippen LogP contribution in [0.5, 0.6) is 0 Å². The van der Waals surface area contributed by atoms with Crippen LogP contribution in [0.2, 0.25) is 0 Å². The Labute approximate surface area is 91.6 Å². The third-order valence-corrected chi connectivity index (χ3v) is 2.33. The van der Waals surface area contributed by atoms with E-state index in [0.29, 0.717) is 19.6 Å². The third kappa shape index (κ3) is 4.62. The van der Waals surface area contributed by atoms with Crippen LogP contribution in [0.25, 0.3) is 0 Å². The van der Waals surface area contributed by atoms with Crippen molar-refractivity contribution >= 4 is 5.97 Å². The first-order valence-electron chi connectivity index (χ1n) is 5.46. The molecule has 0 saturated carbocycles. The molecule has 0 saturated heterocycles. The molecule has 1 N–H and O–H groups in total. The number of hydrogen-bond acceptors (Lipinski definition) is 4. The fraction of sp³-hybridized carbons (Fsp3) is 0.909. The molecular formula is C11H22O4. The molecule has 0 aromatic rings. The monoisotopic (exact) mass is 218 g/mol. The van der Waals surface area contributed by atoms with Crippen molar-refractivity contribution in [3.05, 3.63) is 0 Å². The lowest BCUT2D eigenvalue weighted by Crippen LogP contribution is -2.44. The van der Waals surface area contributed by atoms with Gasteiger partial charge in [-0.2, -0.15) is 0 Å². The van der Waals surface area contributed by atoms with Gasteiger partial charge in [0.05, 0.1) is 24.7 Å². The van der Waals surface area contributed by atoms with Crippen molar-refractivity contribution in [1.82, 2.24) is 0 Å². The second-order valence-corrected chi connectivity index (χ2v) is 3.71. The van der Waals surface area contributed by atoms with Gasteiger partial charge in [-0.1, -0.05) is 6.92 Å². The van der Waals surface area contributed by atoms with E-state index in [4.69, 9.17) is 9.47 Å². The van der Waals surface area contributed by atoms with Gasteiger partial charge in [0.2, 0.25) is 0 Å². The molecule has 0 aliphatic rings. The van der Waals surface area contributed by atoms with Crippen molar-refractivity contribution in [2.75, 3.05) is 19.8 Å². The summed E-state index contributed by atoms with van der Waals surface area (Å²) in [4.78, 5) is 11.5. The molecule has 2 atom stereocenters. The van der Waals surface area contributed by atoms with Crippen molar-refractivity contribution in [1.29, 1.82) is 0 Å². The van der Waals surface area contributed by atoms with Gasteiger partial charge in [-0.3, -0.25) is 4.79 Å². The van der Waals surface area contributed by atoms with E-state index in [1.807, 2.05) is 13.8 Å². The fourth-order valence-electron chi connectivity index (χ4n) is 1.51. The SMILES string of the molecule is CCOCC(C)(O)C(CC)C(=O)OCC. The number of hydrogen-bond donors (Lipinski definition) is 1. The lowest BCUT2D eigenvalue weighted by atomic mass is 9.87. The molecule has 15 heavy (non-hydrogen) atoms. The van der Waals surface area contributed by atoms with E-state index in [9.17, 15) is 9.90 Å². The van der Waals surface area contributed by atoms with E-state index in [1.165, 1.54) is 0 Å². The molecule has 0 bridgehead atoms. The van der Waals surface area contributed by atoms with Crippen LogP contribution in [-0.2, 0) is 14.3 Å². The maximum Gasteiger partial charge on any atom is 0.311 e. The van der Waals surface area contributed by atoms with E-state index in [1.54, 1.807) is 13.8 Å². The molecule has 0 radical (unpaired) electrons. The Bertz CT molecular complexity index is 189. The number of ether oxygens (including phenoxy) is 2. The number of carbonyl (C=O) groups excluding carboxylic acids is 1. The molecule has 0 fully saturated rings. The average Bonchev–Trinajstić information content (AvgIpc) is 2.16. The summed E-state index contributed by atoms with van der Waals surface area (Å²) in [5.74, 6) is -0.881. The number of aliphatic hydroxyl groups is 1. The largest absolute Gasteiger partial charge is 0.466 e. The van der Waals surface area contributed by atoms with Crippen LogP contribution in [0, 0.1) is 5.92 Å². The van der Waals surface area contributed by atoms with Crippen molar-refractivity contribution in [2.24, 2.45) is 5.92 Å². The van der Waals surface area contributed by atoms with Crippen LogP contribution in [-0.4, -0.2) is 36.5 Å². The van der Waals surface area contributed by atoms with E-state index in [2.05, 4.69) is 0 Å². The summed E-state index contributed by atoms with van der Waals surface area (Å²) in [6.07, 6.45) is 0.541. The van der Waals surface area contributed by atoms with Gasteiger partial charge in [0.15, 0.2) is 0 Å². The highest BCUT2D eigenvalue weighted by Gasteiger charge is 2.37. The topological polar surface area (TPSA) is 55.8 Å². The van der Waals surface area contributed by atoms with Crippen LogP contribution >= 0.6 is 0 Å². The van der Waals surface area contributed by atoms with Crippen molar-refractivity contribution in [2.45, 2.75) is 39.7 Å². The van der Waals surface area contributed by atoms with Crippen LogP contribution in [0.3, 0.4) is 0 Å². The first-order chi connectivity index (χ1) is 6.99. The molecule has 4 heteroatoms. The Morgan fingerprint density at radius 3 is 2.33 bits per heavy atom. The van der Waals surface area contributed by atoms with Gasteiger partial charge in [-0.15, -0.1) is 0 Å². The molecular weight excluding hydrogens is 196 g/mol. The van der Waals surface area contributed by atoms with Gasteiger partial charge in [-0.05, 0) is 27.2 Å². The molecule has 0 aromatic heterocycles. The second kappa shape index (κ2) is 6.80. The third-order valence-electron chi connectivity index (χ3n) is 2.33. The van der Waals surface area contributed by atoms with Crippen molar-refractivity contribution in [3.63, 3.8) is 0 Å². The fourth-order valence-corrected chi connectivity index (χ4v) is 1.51. The zero-order valence-electron chi connectivity index (χ0n) is 10.1. The van der Waals surface area contributed by atoms with Crippen LogP contribution in [0.4, 0.5) is 0 Å². The molecule has 0 aliphatic carbocycles. The minimum absolute atomic E-state index is 0.154. The summed E-state index contributed by atoms with van der Waals surface area (Å²) >= 11 is 0. The highest BCUT2D eigenvalue weighted by atomic mass is 16.5. The zero-order valence-corrected chi connectivity index (χ0v) is 10.1. The Kier molecular flexibility index (Phi) is 6.52. The van der Waals surface area contributed by atoms with Crippen molar-refractivity contribution < 1.29 is 19.4 Å². The first kappa shape index (κ1) is 14.4. The number of carbonyl (C=O) groups is 1. The van der Waals surface area contributed by atoms with Crippen LogP contribution in [0.1, 0.15) is 34.1 Å². The predicted octanol–water partition coefficient (Wildman–Crippen LogP) is 1.36. The van der Waals surface area contributed by atoms with E-state index < -0.39 is 11.5 Å². The predicted molar refractivity (Wildman–Crippen MR) is 57.5 cm³/mol. The smallest absolute Gasteiger partial charge is 0.311 e. The van der Waals surface area contributed by atoms with E-state index in [-0.39, 0.29) is 12.6 Å². The standard InChI is InChI=1S/C11H22O4/c1-5-9(10(12)15-7-3)11(4,13)8-14-6-2/h9,13H,5-8H2,1-4H3. The summed E-state index contributed by atoms with van der Waals surface area (Å²) in [7, 11) is 0. The molecule has 0 aromatic carbocycles. The number of esters is 1. The first-order valence-corrected chi connectivity index (χ1v) is 5.46. The van der Waals surface area contributed by atoms with Gasteiger partial charge in [0.1, 0.15) is 0 Å². The highest BCUT2D eigenvalue weighted by Crippen LogP contribution is 2.22. The summed E-state index contributed by atoms with van der Waals surface area (Å²) in [5, 5.41) is 10.1. The van der Waals surface area contributed by atoms with E-state index in [0.717, 1.165) is 0 Å². The Balaban J connectivity index is 4.41. The summed E-state index contributed by atoms with van der Waals surface area (Å²) in [6.45, 7) is 8.06. The van der Waals surface area contributed by atoms with Crippen LogP contribution < -0.4 is 0 Å². The van der Waals surface area contributed by atoms with E-state index >= 15 is 0 Å². The second-order valence-electron chi connectivity index (χ2n) is 3.71. The average molecular weight is 218 g/mol. The summed E-state index contributed by atoms with van der Waals surface area (Å²) < 4.78 is 10.1. The molecule has 0 aliphatic heterocycles. The summed E-state index contributed by atoms with van der Waals surface area (Å²) in [6, 6.07) is 0. The van der Waals surface area contributed by atoms with Crippen molar-refractivity contribution in [3.8, 4) is 0 Å². The summed E-state index contributed by atoms with van der Waals surface area (Å²) in [5.41, 5.74) is -1.16. The maximum atomic E-state index is 11.5. The maximum absolute atomic E-state index is 11.5. The van der Waals surface area contributed by atoms with Crippen LogP contribution in [0.15, 0.2) is 0 Å². The minimum Gasteiger partial charge on any atom is -0.466 e. The molecule has 0 heterocycles. The molecule has 4 nitrogen and oxygen atoms in total. The zero-order chi connectivity index (χ0) is 11.9. The molecule has 90 valence electrons. The molecule has 2 unspecified atom stereocenters. The minimum atomic E-state index is -1.16. The van der Waals surface area contributed by atoms with Gasteiger partial charge in [-0.25, -0.2) is 0 Å².